The van der Waals surface area contributed by atoms with Crippen molar-refractivity contribution >= 4 is 29.1 Å². The first-order valence-electron chi connectivity index (χ1n) is 13.3. The fourth-order valence-corrected chi connectivity index (χ4v) is 5.72. The first-order chi connectivity index (χ1) is 19.0. The van der Waals surface area contributed by atoms with E-state index in [1.807, 2.05) is 6.92 Å². The van der Waals surface area contributed by atoms with Crippen LogP contribution in [0.4, 0.5) is 8.78 Å². The van der Waals surface area contributed by atoms with Gasteiger partial charge >= 0.3 is 0 Å². The molecule has 5 nitrogen and oxygen atoms in total. The van der Waals surface area contributed by atoms with E-state index in [1.54, 1.807) is 62.4 Å². The maximum absolute atomic E-state index is 16.4. The van der Waals surface area contributed by atoms with Gasteiger partial charge in [0.15, 0.2) is 5.67 Å². The molecule has 5 rings (SSSR count). The van der Waals surface area contributed by atoms with Gasteiger partial charge in [-0.25, -0.2) is 8.78 Å². The van der Waals surface area contributed by atoms with E-state index < -0.39 is 41.4 Å². The lowest BCUT2D eigenvalue weighted by molar-refractivity contribution is -0.209. The van der Waals surface area contributed by atoms with E-state index >= 15 is 8.78 Å². The molecule has 212 valence electrons. The van der Waals surface area contributed by atoms with Crippen molar-refractivity contribution in [1.29, 1.82) is 0 Å². The third-order valence-electron chi connectivity index (χ3n) is 7.98. The molecule has 0 spiro atoms. The SMILES string of the molecule is CCC(c1ccc(Cl)cc1)N1C(=O)c2cc(C(C)(O)CC)cc(F)c2[C@]1(OCC1(F)COC1)c1ccc(Cl)cc1. The van der Waals surface area contributed by atoms with Crippen LogP contribution in [0.5, 0.6) is 0 Å². The van der Waals surface area contributed by atoms with Gasteiger partial charge in [-0.3, -0.25) is 9.69 Å². The number of halogens is 4. The van der Waals surface area contributed by atoms with Gasteiger partial charge in [-0.2, -0.15) is 0 Å². The summed E-state index contributed by atoms with van der Waals surface area (Å²) in [5, 5.41) is 11.9. The summed E-state index contributed by atoms with van der Waals surface area (Å²) in [7, 11) is 0. The molecule has 1 fully saturated rings. The van der Waals surface area contributed by atoms with Crippen LogP contribution in [0.25, 0.3) is 0 Å². The lowest BCUT2D eigenvalue weighted by Crippen LogP contribution is -2.55. The fraction of sp³-hybridized carbons (Fsp3) is 0.387. The maximum Gasteiger partial charge on any atom is 0.257 e. The van der Waals surface area contributed by atoms with Crippen molar-refractivity contribution in [3.8, 4) is 0 Å². The molecule has 2 aliphatic rings. The number of nitrogens with zero attached hydrogens (tertiary/aromatic N) is 1. The molecule has 0 aromatic heterocycles. The van der Waals surface area contributed by atoms with E-state index in [0.717, 1.165) is 5.56 Å². The van der Waals surface area contributed by atoms with Gasteiger partial charge in [-0.05, 0) is 67.3 Å². The molecule has 0 radical (unpaired) electrons. The highest BCUT2D eigenvalue weighted by atomic mass is 35.5. The Balaban J connectivity index is 1.80. The van der Waals surface area contributed by atoms with Crippen LogP contribution in [0.15, 0.2) is 60.7 Å². The Bertz CT molecular complexity index is 1410. The average molecular weight is 590 g/mol. The van der Waals surface area contributed by atoms with Gasteiger partial charge < -0.3 is 14.6 Å². The van der Waals surface area contributed by atoms with Crippen LogP contribution in [-0.4, -0.2) is 41.4 Å². The topological polar surface area (TPSA) is 59.0 Å². The first-order valence-corrected chi connectivity index (χ1v) is 14.0. The Morgan fingerprint density at radius 2 is 1.68 bits per heavy atom. The Kier molecular flexibility index (Phi) is 7.74. The predicted molar refractivity (Wildman–Crippen MR) is 150 cm³/mol. The van der Waals surface area contributed by atoms with Crippen LogP contribution in [0.2, 0.25) is 10.0 Å². The summed E-state index contributed by atoms with van der Waals surface area (Å²) in [4.78, 5) is 15.9. The molecule has 3 aromatic carbocycles. The number of hydrogen-bond donors (Lipinski definition) is 1. The van der Waals surface area contributed by atoms with E-state index in [2.05, 4.69) is 0 Å². The van der Waals surface area contributed by atoms with Crippen molar-refractivity contribution in [3.05, 3.63) is 104 Å². The molecule has 2 heterocycles. The van der Waals surface area contributed by atoms with Gasteiger partial charge in [0.1, 0.15) is 5.82 Å². The number of ether oxygens (including phenoxy) is 2. The highest BCUT2D eigenvalue weighted by molar-refractivity contribution is 6.30. The smallest absolute Gasteiger partial charge is 0.257 e. The maximum atomic E-state index is 16.4. The van der Waals surface area contributed by atoms with E-state index in [1.165, 1.54) is 17.0 Å². The van der Waals surface area contributed by atoms with Crippen LogP contribution in [-0.2, 0) is 20.8 Å². The van der Waals surface area contributed by atoms with Crippen molar-refractivity contribution < 1.29 is 28.2 Å². The van der Waals surface area contributed by atoms with Crippen molar-refractivity contribution in [2.24, 2.45) is 0 Å². The molecule has 1 N–H and O–H groups in total. The van der Waals surface area contributed by atoms with Gasteiger partial charge in [0.2, 0.25) is 5.72 Å². The Morgan fingerprint density at radius 1 is 1.07 bits per heavy atom. The minimum atomic E-state index is -1.84. The average Bonchev–Trinajstić information content (AvgIpc) is 3.17. The summed E-state index contributed by atoms with van der Waals surface area (Å²) in [5.41, 5.74) is -3.57. The Labute approximate surface area is 242 Å². The quantitative estimate of drug-likeness (QED) is 0.284. The van der Waals surface area contributed by atoms with Crippen LogP contribution in [0, 0.1) is 5.82 Å². The molecule has 2 unspecified atom stereocenters. The normalized spacial score (nSPS) is 22.0. The highest BCUT2D eigenvalue weighted by Crippen LogP contribution is 2.52. The number of aliphatic hydroxyl groups is 1. The summed E-state index contributed by atoms with van der Waals surface area (Å²) < 4.78 is 43.4. The molecule has 1 amide bonds. The molecular formula is C31H31Cl2F2NO4. The molecule has 9 heteroatoms. The molecule has 2 aliphatic heterocycles. The van der Waals surface area contributed by atoms with Crippen molar-refractivity contribution in [3.63, 3.8) is 0 Å². The summed E-state index contributed by atoms with van der Waals surface area (Å²) >= 11 is 12.4. The minimum absolute atomic E-state index is 0.0354. The van der Waals surface area contributed by atoms with Crippen molar-refractivity contribution in [2.45, 2.75) is 56.6 Å². The number of hydrogen-bond acceptors (Lipinski definition) is 4. The van der Waals surface area contributed by atoms with E-state index in [-0.39, 0.29) is 29.9 Å². The molecule has 1 saturated heterocycles. The second-order valence-electron chi connectivity index (χ2n) is 10.7. The third kappa shape index (κ3) is 4.82. The second-order valence-corrected chi connectivity index (χ2v) is 11.6. The summed E-state index contributed by atoms with van der Waals surface area (Å²) in [5.74, 6) is -1.24. The summed E-state index contributed by atoms with van der Waals surface area (Å²) in [6.07, 6.45) is 0.736. The molecule has 0 saturated carbocycles. The van der Waals surface area contributed by atoms with Crippen LogP contribution in [0.1, 0.15) is 72.3 Å². The van der Waals surface area contributed by atoms with E-state index in [4.69, 9.17) is 32.7 Å². The number of fused-ring (bicyclic) bond motifs is 1. The molecule has 40 heavy (non-hydrogen) atoms. The lowest BCUT2D eigenvalue weighted by Gasteiger charge is -2.45. The largest absolute Gasteiger partial charge is 0.385 e. The van der Waals surface area contributed by atoms with Crippen LogP contribution in [0.3, 0.4) is 0 Å². The summed E-state index contributed by atoms with van der Waals surface area (Å²) in [6, 6.07) is 15.8. The molecule has 0 aliphatic carbocycles. The molecule has 3 aromatic rings. The zero-order valence-electron chi connectivity index (χ0n) is 22.5. The molecular weight excluding hydrogens is 559 g/mol. The standard InChI is InChI=1S/C31H31Cl2F2NO4/c1-4-26(19-6-10-22(32)11-7-19)36-28(37)24-14-21(29(3,38)5-2)15-25(34)27(24)31(36,20-8-12-23(33)13-9-20)40-18-30(35)16-39-17-30/h6-15,26,38H,4-5,16-18H2,1-3H3/t26?,29?,31-/m1/s1. The van der Waals surface area contributed by atoms with Gasteiger partial charge in [-0.15, -0.1) is 0 Å². The van der Waals surface area contributed by atoms with Crippen molar-refractivity contribution in [1.82, 2.24) is 4.90 Å². The number of rotatable bonds is 9. The number of benzene rings is 3. The Hall–Kier alpha value is -2.55. The van der Waals surface area contributed by atoms with Gasteiger partial charge in [-0.1, -0.05) is 61.3 Å². The minimum Gasteiger partial charge on any atom is -0.385 e. The zero-order chi connectivity index (χ0) is 28.9. The van der Waals surface area contributed by atoms with Gasteiger partial charge in [0, 0.05) is 15.6 Å². The van der Waals surface area contributed by atoms with Crippen molar-refractivity contribution in [2.75, 3.05) is 19.8 Å². The lowest BCUT2D eigenvalue weighted by atomic mass is 9.86. The molecule has 0 bridgehead atoms. The molecule has 3 atom stereocenters. The third-order valence-corrected chi connectivity index (χ3v) is 8.48. The van der Waals surface area contributed by atoms with Crippen LogP contribution >= 0.6 is 23.2 Å². The Morgan fingerprint density at radius 3 is 2.20 bits per heavy atom. The van der Waals surface area contributed by atoms with Gasteiger partial charge in [0.05, 0.1) is 42.6 Å². The zero-order valence-corrected chi connectivity index (χ0v) is 24.0. The second kappa shape index (κ2) is 10.7. The van der Waals surface area contributed by atoms with E-state index in [9.17, 15) is 9.90 Å². The number of amides is 1. The first kappa shape index (κ1) is 29.0. The van der Waals surface area contributed by atoms with E-state index in [0.29, 0.717) is 28.5 Å². The predicted octanol–water partition coefficient (Wildman–Crippen LogP) is 7.31. The number of carbonyl (C=O) groups is 1. The number of carbonyl (C=O) groups excluding carboxylic acids is 1. The highest BCUT2D eigenvalue weighted by Gasteiger charge is 2.58. The summed E-state index contributed by atoms with van der Waals surface area (Å²) in [6.45, 7) is 4.47. The fourth-order valence-electron chi connectivity index (χ4n) is 5.47. The number of alkyl halides is 1. The monoisotopic (exact) mass is 589 g/mol. The van der Waals surface area contributed by atoms with Crippen LogP contribution < -0.4 is 0 Å². The van der Waals surface area contributed by atoms with Gasteiger partial charge in [0.25, 0.3) is 5.91 Å².